The summed E-state index contributed by atoms with van der Waals surface area (Å²) in [5, 5.41) is 3.50. The topological polar surface area (TPSA) is 60.7 Å². The zero-order valence-electron chi connectivity index (χ0n) is 11.2. The van der Waals surface area contributed by atoms with Gasteiger partial charge in [0.1, 0.15) is 0 Å². The molecular weight excluding hydrogens is 418 g/mol. The quantitative estimate of drug-likeness (QED) is 0.582. The first-order valence-electron chi connectivity index (χ1n) is 6.48. The van der Waals surface area contributed by atoms with Gasteiger partial charge in [-0.25, -0.2) is 4.79 Å². The summed E-state index contributed by atoms with van der Waals surface area (Å²) < 4.78 is 2.08. The normalized spacial score (nSPS) is 12.9. The average molecular weight is 431 g/mol. The lowest BCUT2D eigenvalue weighted by molar-refractivity contribution is 0.638. The van der Waals surface area contributed by atoms with Crippen LogP contribution < -0.4 is 11.0 Å². The molecule has 21 heavy (non-hydrogen) atoms. The maximum Gasteiger partial charge on any atom is 0.323 e. The van der Waals surface area contributed by atoms with E-state index in [1.54, 1.807) is 11.3 Å². The molecule has 0 aliphatic heterocycles. The molecule has 4 nitrogen and oxygen atoms in total. The van der Waals surface area contributed by atoms with Crippen molar-refractivity contribution in [2.24, 2.45) is 0 Å². The van der Waals surface area contributed by atoms with Gasteiger partial charge in [-0.1, -0.05) is 22.9 Å². The molecule has 1 aromatic carbocycles. The zero-order valence-corrected chi connectivity index (χ0v) is 15.2. The van der Waals surface area contributed by atoms with Crippen molar-refractivity contribution < 1.29 is 0 Å². The Balaban J connectivity index is 2.14. The van der Waals surface area contributed by atoms with Crippen LogP contribution in [0.3, 0.4) is 0 Å². The van der Waals surface area contributed by atoms with E-state index in [1.165, 1.54) is 4.88 Å². The number of benzene rings is 1. The standard InChI is InChI=1S/C14H13Br2N3OS/c1-2-17-13(11-3-4-12(16)21-11)7-5-9-10(6-8(7)15)19-14(20)18-9/h3-6,13,17H,2H2,1H3,(H2,18,19,20). The molecule has 0 aliphatic rings. The second-order valence-electron chi connectivity index (χ2n) is 4.63. The van der Waals surface area contributed by atoms with Crippen LogP contribution >= 0.6 is 43.2 Å². The number of aromatic amines is 2. The van der Waals surface area contributed by atoms with Gasteiger partial charge < -0.3 is 15.3 Å². The summed E-state index contributed by atoms with van der Waals surface area (Å²) in [6.45, 7) is 2.94. The third-order valence-corrected chi connectivity index (χ3v) is 5.61. The Labute approximate surface area is 142 Å². The van der Waals surface area contributed by atoms with Gasteiger partial charge in [0.2, 0.25) is 0 Å². The number of nitrogens with one attached hydrogen (secondary N) is 3. The summed E-state index contributed by atoms with van der Waals surface area (Å²) in [5.41, 5.74) is 2.54. The van der Waals surface area contributed by atoms with Crippen LogP contribution in [0.1, 0.15) is 23.4 Å². The van der Waals surface area contributed by atoms with Crippen molar-refractivity contribution in [1.82, 2.24) is 15.3 Å². The fourth-order valence-corrected chi connectivity index (χ4v) is 4.44. The molecule has 1 unspecified atom stereocenters. The second-order valence-corrected chi connectivity index (χ2v) is 7.98. The molecule has 110 valence electrons. The number of rotatable bonds is 4. The first-order valence-corrected chi connectivity index (χ1v) is 8.88. The Kier molecular flexibility index (Phi) is 4.35. The fraction of sp³-hybridized carbons (Fsp3) is 0.214. The first kappa shape index (κ1) is 15.0. The van der Waals surface area contributed by atoms with Gasteiger partial charge in [-0.3, -0.25) is 0 Å². The lowest BCUT2D eigenvalue weighted by Crippen LogP contribution is -2.21. The van der Waals surface area contributed by atoms with E-state index in [-0.39, 0.29) is 11.7 Å². The molecule has 1 atom stereocenters. The molecule has 0 saturated carbocycles. The zero-order chi connectivity index (χ0) is 15.0. The third-order valence-electron chi connectivity index (χ3n) is 3.23. The van der Waals surface area contributed by atoms with E-state index >= 15 is 0 Å². The molecule has 0 amide bonds. The Hall–Kier alpha value is -0.890. The molecule has 0 saturated heterocycles. The van der Waals surface area contributed by atoms with Crippen molar-refractivity contribution in [2.45, 2.75) is 13.0 Å². The monoisotopic (exact) mass is 429 g/mol. The molecule has 3 aromatic rings. The maximum absolute atomic E-state index is 11.4. The summed E-state index contributed by atoms with van der Waals surface area (Å²) in [6.07, 6.45) is 0. The van der Waals surface area contributed by atoms with E-state index in [4.69, 9.17) is 0 Å². The van der Waals surface area contributed by atoms with Gasteiger partial charge in [0, 0.05) is 9.35 Å². The van der Waals surface area contributed by atoms with Crippen LogP contribution in [0.25, 0.3) is 11.0 Å². The number of thiophene rings is 1. The van der Waals surface area contributed by atoms with Crippen LogP contribution in [-0.4, -0.2) is 16.5 Å². The highest BCUT2D eigenvalue weighted by atomic mass is 79.9. The summed E-state index contributed by atoms with van der Waals surface area (Å²) in [7, 11) is 0. The van der Waals surface area contributed by atoms with E-state index in [9.17, 15) is 4.79 Å². The molecule has 0 spiro atoms. The molecule has 3 rings (SSSR count). The predicted molar refractivity (Wildman–Crippen MR) is 94.2 cm³/mol. The Morgan fingerprint density at radius 1 is 1.24 bits per heavy atom. The van der Waals surface area contributed by atoms with Crippen molar-refractivity contribution >= 4 is 54.2 Å². The van der Waals surface area contributed by atoms with Crippen LogP contribution in [-0.2, 0) is 0 Å². The van der Waals surface area contributed by atoms with Crippen molar-refractivity contribution in [3.63, 3.8) is 0 Å². The Bertz CT molecular complexity index is 836. The first-order chi connectivity index (χ1) is 10.1. The van der Waals surface area contributed by atoms with Gasteiger partial charge >= 0.3 is 5.69 Å². The van der Waals surface area contributed by atoms with Crippen LogP contribution in [0.4, 0.5) is 0 Å². The molecule has 3 N–H and O–H groups in total. The molecule has 0 fully saturated rings. The van der Waals surface area contributed by atoms with Crippen molar-refractivity contribution in [2.75, 3.05) is 6.54 Å². The van der Waals surface area contributed by atoms with Gasteiger partial charge in [0.25, 0.3) is 0 Å². The van der Waals surface area contributed by atoms with E-state index in [0.29, 0.717) is 0 Å². The number of imidazole rings is 1. The third kappa shape index (κ3) is 3.01. The number of aromatic nitrogens is 2. The van der Waals surface area contributed by atoms with E-state index < -0.39 is 0 Å². The van der Waals surface area contributed by atoms with Gasteiger partial charge in [-0.05, 0) is 52.3 Å². The van der Waals surface area contributed by atoms with Gasteiger partial charge in [-0.2, -0.15) is 0 Å². The smallest absolute Gasteiger partial charge is 0.306 e. The van der Waals surface area contributed by atoms with Crippen LogP contribution in [0.2, 0.25) is 0 Å². The van der Waals surface area contributed by atoms with E-state index in [1.807, 2.05) is 12.1 Å². The predicted octanol–water partition coefficient (Wildman–Crippen LogP) is 4.14. The Morgan fingerprint density at radius 3 is 2.57 bits per heavy atom. The summed E-state index contributed by atoms with van der Waals surface area (Å²) >= 11 is 8.83. The Morgan fingerprint density at radius 2 is 1.95 bits per heavy atom. The molecule has 7 heteroatoms. The number of halogens is 2. The molecular formula is C14H13Br2N3OS. The minimum absolute atomic E-state index is 0.0866. The fourth-order valence-electron chi connectivity index (χ4n) is 2.35. The van der Waals surface area contributed by atoms with Crippen LogP contribution in [0.5, 0.6) is 0 Å². The summed E-state index contributed by atoms with van der Waals surface area (Å²) in [4.78, 5) is 18.2. The highest BCUT2D eigenvalue weighted by molar-refractivity contribution is 9.11. The minimum atomic E-state index is -0.187. The SMILES string of the molecule is CCNC(c1ccc(Br)s1)c1cc2[nH]c(=O)[nH]c2cc1Br. The molecule has 0 radical (unpaired) electrons. The van der Waals surface area contributed by atoms with Crippen molar-refractivity contribution in [3.05, 3.63) is 53.4 Å². The largest absolute Gasteiger partial charge is 0.323 e. The highest BCUT2D eigenvalue weighted by Crippen LogP contribution is 2.35. The van der Waals surface area contributed by atoms with E-state index in [2.05, 4.69) is 66.2 Å². The number of hydrogen-bond acceptors (Lipinski definition) is 3. The lowest BCUT2D eigenvalue weighted by Gasteiger charge is -2.18. The lowest BCUT2D eigenvalue weighted by atomic mass is 10.0. The second kappa shape index (κ2) is 6.08. The van der Waals surface area contributed by atoms with Crippen molar-refractivity contribution in [3.8, 4) is 0 Å². The minimum Gasteiger partial charge on any atom is -0.306 e. The van der Waals surface area contributed by atoms with Gasteiger partial charge in [0.15, 0.2) is 0 Å². The van der Waals surface area contributed by atoms with E-state index in [0.717, 1.165) is 31.4 Å². The molecule has 2 aromatic heterocycles. The number of H-pyrrole nitrogens is 2. The number of fused-ring (bicyclic) bond motifs is 1. The molecule has 2 heterocycles. The number of hydrogen-bond donors (Lipinski definition) is 3. The van der Waals surface area contributed by atoms with Gasteiger partial charge in [0.05, 0.1) is 20.9 Å². The summed E-state index contributed by atoms with van der Waals surface area (Å²) in [6, 6.07) is 8.20. The van der Waals surface area contributed by atoms with Crippen LogP contribution in [0.15, 0.2) is 37.3 Å². The molecule has 0 bridgehead atoms. The highest BCUT2D eigenvalue weighted by Gasteiger charge is 2.19. The van der Waals surface area contributed by atoms with Crippen molar-refractivity contribution in [1.29, 1.82) is 0 Å². The van der Waals surface area contributed by atoms with Gasteiger partial charge in [-0.15, -0.1) is 11.3 Å². The summed E-state index contributed by atoms with van der Waals surface area (Å²) in [5.74, 6) is 0. The average Bonchev–Trinajstić information content (AvgIpc) is 3.00. The maximum atomic E-state index is 11.4. The van der Waals surface area contributed by atoms with Crippen LogP contribution in [0, 0.1) is 0 Å². The molecule has 0 aliphatic carbocycles.